The van der Waals surface area contributed by atoms with Crippen molar-refractivity contribution in [2.75, 3.05) is 0 Å². The van der Waals surface area contributed by atoms with Crippen LogP contribution in [0.5, 0.6) is 0 Å². The number of rotatable bonds is 5. The van der Waals surface area contributed by atoms with E-state index in [9.17, 15) is 18.1 Å². The molecule has 0 aliphatic heterocycles. The van der Waals surface area contributed by atoms with Crippen molar-refractivity contribution in [1.29, 1.82) is 0 Å². The van der Waals surface area contributed by atoms with Crippen LogP contribution in [0.15, 0.2) is 10.5 Å². The van der Waals surface area contributed by atoms with Crippen molar-refractivity contribution in [3.8, 4) is 0 Å². The van der Waals surface area contributed by atoms with Gasteiger partial charge in [-0.1, -0.05) is 0 Å². The van der Waals surface area contributed by atoms with Crippen molar-refractivity contribution < 1.29 is 23.2 Å². The molecule has 0 heterocycles. The van der Waals surface area contributed by atoms with Crippen molar-refractivity contribution in [3.63, 3.8) is 0 Å². The highest BCUT2D eigenvalue weighted by Gasteiger charge is 2.34. The van der Waals surface area contributed by atoms with E-state index in [-0.39, 0.29) is 10.0 Å². The maximum Gasteiger partial charge on any atom is 0.305 e. The molecule has 0 saturated heterocycles. The van der Waals surface area contributed by atoms with Crippen LogP contribution < -0.4 is 4.72 Å². The predicted molar refractivity (Wildman–Crippen MR) is 84.8 cm³/mol. The van der Waals surface area contributed by atoms with Gasteiger partial charge in [-0.25, -0.2) is 8.78 Å². The molecule has 0 aliphatic rings. The highest BCUT2D eigenvalue weighted by atomic mass is 79.9. The van der Waals surface area contributed by atoms with E-state index in [1.54, 1.807) is 20.8 Å². The second kappa shape index (κ2) is 7.25. The Morgan fingerprint density at radius 2 is 2.00 bits per heavy atom. The molecular formula is C14H18BrF2NO3S. The maximum atomic E-state index is 14.3. The van der Waals surface area contributed by atoms with Gasteiger partial charge in [-0.15, -0.1) is 4.72 Å². The lowest BCUT2D eigenvalue weighted by atomic mass is 10.0. The Bertz CT molecular complexity index is 552. The zero-order valence-electron chi connectivity index (χ0n) is 12.7. The Kier molecular flexibility index (Phi) is 6.37. The summed E-state index contributed by atoms with van der Waals surface area (Å²) in [5.74, 6) is -2.99. The van der Waals surface area contributed by atoms with E-state index in [1.807, 2.05) is 0 Å². The second-order valence-electron chi connectivity index (χ2n) is 5.87. The molecule has 124 valence electrons. The molecule has 0 bridgehead atoms. The molecule has 0 spiro atoms. The normalized spacial score (nSPS) is 14.7. The van der Waals surface area contributed by atoms with Gasteiger partial charge >= 0.3 is 5.97 Å². The van der Waals surface area contributed by atoms with E-state index < -0.39 is 51.7 Å². The fraction of sp³-hybridized carbons (Fsp3) is 0.500. The first-order valence-corrected chi connectivity index (χ1v) is 8.43. The van der Waals surface area contributed by atoms with Crippen molar-refractivity contribution in [3.05, 3.63) is 33.3 Å². The van der Waals surface area contributed by atoms with Gasteiger partial charge in [0.15, 0.2) is 0 Å². The maximum absolute atomic E-state index is 14.3. The first kappa shape index (κ1) is 19.3. The monoisotopic (exact) mass is 397 g/mol. The quantitative estimate of drug-likeness (QED) is 0.587. The summed E-state index contributed by atoms with van der Waals surface area (Å²) >= 11 is 1.30. The minimum atomic E-state index is -1.68. The van der Waals surface area contributed by atoms with Crippen LogP contribution in [0.2, 0.25) is 0 Å². The molecule has 0 aliphatic carbocycles. The van der Waals surface area contributed by atoms with Gasteiger partial charge in [-0.3, -0.25) is 4.79 Å². The molecule has 0 saturated carbocycles. The fourth-order valence-corrected chi connectivity index (χ4v) is 3.11. The molecule has 0 amide bonds. The first-order valence-electron chi connectivity index (χ1n) is 6.49. The number of carboxylic acid groups (broad SMARTS) is 1. The lowest BCUT2D eigenvalue weighted by Crippen LogP contribution is -2.42. The summed E-state index contributed by atoms with van der Waals surface area (Å²) in [7, 11) is 0. The SMILES string of the molecule is Cc1cc(Br)c(F)c(C(CC(=O)O)N[S+]([O-])C(C)(C)C)c1F. The molecule has 0 fully saturated rings. The van der Waals surface area contributed by atoms with Gasteiger partial charge < -0.3 is 9.66 Å². The molecule has 1 aromatic carbocycles. The number of aryl methyl sites for hydroxylation is 1. The molecule has 0 aromatic heterocycles. The minimum absolute atomic E-state index is 0.0279. The number of halogens is 3. The summed E-state index contributed by atoms with van der Waals surface area (Å²) in [6.07, 6.45) is -0.592. The molecule has 8 heteroatoms. The Hall–Kier alpha value is -0.700. The Labute approximate surface area is 139 Å². The minimum Gasteiger partial charge on any atom is -0.598 e. The zero-order valence-corrected chi connectivity index (χ0v) is 15.1. The number of nitrogens with one attached hydrogen (secondary N) is 1. The zero-order chi connectivity index (χ0) is 17.2. The van der Waals surface area contributed by atoms with Crippen LogP contribution in [0.4, 0.5) is 8.78 Å². The highest BCUT2D eigenvalue weighted by molar-refractivity contribution is 9.10. The number of hydrogen-bond acceptors (Lipinski definition) is 3. The number of benzene rings is 1. The molecule has 2 unspecified atom stereocenters. The highest BCUT2D eigenvalue weighted by Crippen LogP contribution is 2.32. The first-order chi connectivity index (χ1) is 9.95. The van der Waals surface area contributed by atoms with Gasteiger partial charge in [0.2, 0.25) is 0 Å². The summed E-state index contributed by atoms with van der Waals surface area (Å²) in [5, 5.41) is 8.99. The standard InChI is InChI=1S/C14H18BrF2NO3S/c1-7-5-8(15)13(17)11(12(7)16)9(6-10(19)20)18-22(21)14(2,3)4/h5,9,18H,6H2,1-4H3,(H,19,20). The summed E-state index contributed by atoms with van der Waals surface area (Å²) in [6.45, 7) is 6.47. The van der Waals surface area contributed by atoms with Crippen LogP contribution in [-0.2, 0) is 16.2 Å². The largest absolute Gasteiger partial charge is 0.598 e. The Morgan fingerprint density at radius 1 is 1.45 bits per heavy atom. The van der Waals surface area contributed by atoms with Crippen LogP contribution in [0.25, 0.3) is 0 Å². The number of carboxylic acids is 1. The lowest BCUT2D eigenvalue weighted by molar-refractivity contribution is -0.137. The summed E-state index contributed by atoms with van der Waals surface area (Å²) in [6, 6.07) is 0.0287. The van der Waals surface area contributed by atoms with Crippen molar-refractivity contribution >= 4 is 33.3 Å². The van der Waals surface area contributed by atoms with E-state index in [0.29, 0.717) is 0 Å². The lowest BCUT2D eigenvalue weighted by Gasteiger charge is -2.28. The molecule has 1 aromatic rings. The van der Waals surface area contributed by atoms with Gasteiger partial charge in [0.1, 0.15) is 16.4 Å². The molecular weight excluding hydrogens is 380 g/mol. The third-order valence-corrected chi connectivity index (χ3v) is 5.09. The van der Waals surface area contributed by atoms with Crippen LogP contribution in [0.3, 0.4) is 0 Å². The van der Waals surface area contributed by atoms with Crippen LogP contribution in [0, 0.1) is 18.6 Å². The Balaban J connectivity index is 3.32. The molecule has 0 radical (unpaired) electrons. The van der Waals surface area contributed by atoms with Gasteiger partial charge in [-0.2, -0.15) is 0 Å². The number of hydrogen-bond donors (Lipinski definition) is 2. The fourth-order valence-electron chi connectivity index (χ4n) is 1.74. The molecule has 4 nitrogen and oxygen atoms in total. The van der Waals surface area contributed by atoms with Gasteiger partial charge in [-0.05, 0) is 55.3 Å². The summed E-state index contributed by atoms with van der Waals surface area (Å²) < 4.78 is 42.6. The van der Waals surface area contributed by atoms with E-state index >= 15 is 0 Å². The molecule has 22 heavy (non-hydrogen) atoms. The Morgan fingerprint density at radius 3 is 2.45 bits per heavy atom. The third kappa shape index (κ3) is 4.65. The van der Waals surface area contributed by atoms with Gasteiger partial charge in [0, 0.05) is 16.9 Å². The van der Waals surface area contributed by atoms with E-state index in [4.69, 9.17) is 5.11 Å². The van der Waals surface area contributed by atoms with Crippen LogP contribution >= 0.6 is 15.9 Å². The number of aliphatic carboxylic acids is 1. The summed E-state index contributed by atoms with van der Waals surface area (Å²) in [5.41, 5.74) is -0.256. The average Bonchev–Trinajstić information content (AvgIpc) is 2.34. The van der Waals surface area contributed by atoms with E-state index in [0.717, 1.165) is 0 Å². The second-order valence-corrected chi connectivity index (χ2v) is 8.72. The summed E-state index contributed by atoms with van der Waals surface area (Å²) in [4.78, 5) is 11.0. The van der Waals surface area contributed by atoms with Crippen molar-refractivity contribution in [2.45, 2.75) is 44.9 Å². The molecule has 2 N–H and O–H groups in total. The average molecular weight is 398 g/mol. The molecule has 1 rings (SSSR count). The van der Waals surface area contributed by atoms with Crippen molar-refractivity contribution in [2.24, 2.45) is 0 Å². The number of carbonyl (C=O) groups is 1. The van der Waals surface area contributed by atoms with Gasteiger partial charge in [0.05, 0.1) is 16.9 Å². The van der Waals surface area contributed by atoms with E-state index in [1.165, 1.54) is 13.0 Å². The predicted octanol–water partition coefficient (Wildman–Crippen LogP) is 3.60. The van der Waals surface area contributed by atoms with E-state index in [2.05, 4.69) is 20.7 Å². The smallest absolute Gasteiger partial charge is 0.305 e. The van der Waals surface area contributed by atoms with Crippen LogP contribution in [-0.4, -0.2) is 20.4 Å². The topological polar surface area (TPSA) is 72.4 Å². The van der Waals surface area contributed by atoms with Crippen LogP contribution in [0.1, 0.15) is 44.4 Å². The van der Waals surface area contributed by atoms with Gasteiger partial charge in [0.25, 0.3) is 0 Å². The van der Waals surface area contributed by atoms with Crippen molar-refractivity contribution in [1.82, 2.24) is 4.72 Å². The third-order valence-electron chi connectivity index (χ3n) is 2.90. The molecule has 2 atom stereocenters.